The van der Waals surface area contributed by atoms with Gasteiger partial charge in [0.15, 0.2) is 11.5 Å². The predicted octanol–water partition coefficient (Wildman–Crippen LogP) is 4.83. The molecule has 194 valence electrons. The molecule has 3 aromatic rings. The summed E-state index contributed by atoms with van der Waals surface area (Å²) in [6.07, 6.45) is 1.41. The van der Waals surface area contributed by atoms with Gasteiger partial charge in [0.25, 0.3) is 0 Å². The molecule has 1 aliphatic heterocycles. The molecule has 1 saturated heterocycles. The number of nitrogens with zero attached hydrogens (tertiary/aromatic N) is 5. The Hall–Kier alpha value is -3.27. The van der Waals surface area contributed by atoms with Crippen molar-refractivity contribution in [2.75, 3.05) is 32.6 Å². The maximum Gasteiger partial charge on any atom is 0.410 e. The van der Waals surface area contributed by atoms with Crippen LogP contribution in [0.5, 0.6) is 11.5 Å². The minimum absolute atomic E-state index is 0.0149. The van der Waals surface area contributed by atoms with Gasteiger partial charge in [0, 0.05) is 42.7 Å². The molecule has 4 rings (SSSR count). The SMILES string of the molecule is COc1ccc(CNc2nc(Cl)c(C)c3nc(C4CCCN(C(=O)OC(C)(C)C)C4)nn23)c(OC)c1. The second-order valence-corrected chi connectivity index (χ2v) is 10.2. The van der Waals surface area contributed by atoms with Crippen LogP contribution in [-0.4, -0.2) is 63.5 Å². The van der Waals surface area contributed by atoms with Crippen LogP contribution in [-0.2, 0) is 11.3 Å². The van der Waals surface area contributed by atoms with E-state index in [2.05, 4.69) is 10.3 Å². The Bertz CT molecular complexity index is 1260. The molecular formula is C25H33ClN6O4. The van der Waals surface area contributed by atoms with Gasteiger partial charge in [-0.25, -0.2) is 14.8 Å². The summed E-state index contributed by atoms with van der Waals surface area (Å²) < 4.78 is 18.0. The van der Waals surface area contributed by atoms with Crippen LogP contribution in [0.3, 0.4) is 0 Å². The molecule has 1 N–H and O–H groups in total. The Labute approximate surface area is 215 Å². The monoisotopic (exact) mass is 516 g/mol. The number of hydrogen-bond acceptors (Lipinski definition) is 8. The summed E-state index contributed by atoms with van der Waals surface area (Å²) in [4.78, 5) is 23.7. The minimum atomic E-state index is -0.544. The average Bonchev–Trinajstić information content (AvgIpc) is 3.30. The molecule has 1 aromatic carbocycles. The fourth-order valence-electron chi connectivity index (χ4n) is 4.17. The largest absolute Gasteiger partial charge is 0.497 e. The van der Waals surface area contributed by atoms with E-state index < -0.39 is 5.60 Å². The molecule has 2 aromatic heterocycles. The van der Waals surface area contributed by atoms with E-state index in [-0.39, 0.29) is 12.0 Å². The third-order valence-corrected chi connectivity index (χ3v) is 6.41. The van der Waals surface area contributed by atoms with Crippen LogP contribution in [0.25, 0.3) is 5.65 Å². The normalized spacial score (nSPS) is 16.2. The summed E-state index contributed by atoms with van der Waals surface area (Å²) in [5, 5.41) is 8.45. The van der Waals surface area contributed by atoms with Crippen molar-refractivity contribution in [1.82, 2.24) is 24.5 Å². The van der Waals surface area contributed by atoms with Gasteiger partial charge in [-0.15, -0.1) is 5.10 Å². The Morgan fingerprint density at radius 2 is 2.00 bits per heavy atom. The highest BCUT2D eigenvalue weighted by Crippen LogP contribution is 2.30. The molecule has 3 heterocycles. The van der Waals surface area contributed by atoms with E-state index in [1.54, 1.807) is 23.6 Å². The molecule has 0 radical (unpaired) electrons. The summed E-state index contributed by atoms with van der Waals surface area (Å²) in [5.41, 5.74) is 1.75. The number of carbonyl (C=O) groups excluding carboxylic acids is 1. The molecule has 10 nitrogen and oxygen atoms in total. The molecule has 1 amide bonds. The number of methoxy groups -OCH3 is 2. The minimum Gasteiger partial charge on any atom is -0.497 e. The molecular weight excluding hydrogens is 484 g/mol. The summed E-state index contributed by atoms with van der Waals surface area (Å²) in [6.45, 7) is 9.05. The van der Waals surface area contributed by atoms with Gasteiger partial charge in [-0.05, 0) is 52.7 Å². The Morgan fingerprint density at radius 3 is 2.69 bits per heavy atom. The number of rotatable bonds is 6. The van der Waals surface area contributed by atoms with Gasteiger partial charge in [0.2, 0.25) is 5.95 Å². The number of aryl methyl sites for hydroxylation is 1. The van der Waals surface area contributed by atoms with Crippen LogP contribution in [0.15, 0.2) is 18.2 Å². The second-order valence-electron chi connectivity index (χ2n) is 9.85. The van der Waals surface area contributed by atoms with E-state index >= 15 is 0 Å². The number of ether oxygens (including phenoxy) is 3. The molecule has 1 aliphatic rings. The molecule has 36 heavy (non-hydrogen) atoms. The first-order valence-electron chi connectivity index (χ1n) is 11.9. The molecule has 0 bridgehead atoms. The van der Waals surface area contributed by atoms with Crippen molar-refractivity contribution < 1.29 is 19.0 Å². The summed E-state index contributed by atoms with van der Waals surface area (Å²) in [6, 6.07) is 5.63. The van der Waals surface area contributed by atoms with Crippen molar-refractivity contribution in [2.24, 2.45) is 0 Å². The average molecular weight is 517 g/mol. The molecule has 11 heteroatoms. The maximum absolute atomic E-state index is 12.6. The van der Waals surface area contributed by atoms with Crippen LogP contribution in [0.2, 0.25) is 5.15 Å². The highest BCUT2D eigenvalue weighted by atomic mass is 35.5. The van der Waals surface area contributed by atoms with Crippen LogP contribution in [0, 0.1) is 6.92 Å². The van der Waals surface area contributed by atoms with Crippen molar-refractivity contribution in [3.63, 3.8) is 0 Å². The van der Waals surface area contributed by atoms with Crippen molar-refractivity contribution in [3.05, 3.63) is 40.3 Å². The van der Waals surface area contributed by atoms with Gasteiger partial charge in [-0.2, -0.15) is 4.52 Å². The zero-order valence-corrected chi connectivity index (χ0v) is 22.3. The van der Waals surface area contributed by atoms with Gasteiger partial charge in [-0.3, -0.25) is 0 Å². The van der Waals surface area contributed by atoms with Crippen molar-refractivity contribution in [3.8, 4) is 11.5 Å². The van der Waals surface area contributed by atoms with E-state index in [4.69, 9.17) is 35.9 Å². The van der Waals surface area contributed by atoms with Gasteiger partial charge >= 0.3 is 6.09 Å². The molecule has 1 unspecified atom stereocenters. The molecule has 0 saturated carbocycles. The van der Waals surface area contributed by atoms with Crippen LogP contribution in [0.4, 0.5) is 10.7 Å². The van der Waals surface area contributed by atoms with Gasteiger partial charge in [0.1, 0.15) is 22.3 Å². The number of anilines is 1. The van der Waals surface area contributed by atoms with E-state index in [0.717, 1.165) is 24.0 Å². The van der Waals surface area contributed by atoms with Crippen molar-refractivity contribution in [2.45, 2.75) is 58.6 Å². The Balaban J connectivity index is 1.59. The fourth-order valence-corrected chi connectivity index (χ4v) is 4.34. The quantitative estimate of drug-likeness (QED) is 0.465. The van der Waals surface area contributed by atoms with Crippen LogP contribution in [0.1, 0.15) is 56.5 Å². The molecule has 1 fully saturated rings. The number of nitrogens with one attached hydrogen (secondary N) is 1. The Kier molecular flexibility index (Phi) is 7.44. The molecule has 0 spiro atoms. The number of likely N-dealkylation sites (tertiary alicyclic amines) is 1. The maximum atomic E-state index is 12.6. The second kappa shape index (κ2) is 10.4. The third-order valence-electron chi connectivity index (χ3n) is 6.04. The lowest BCUT2D eigenvalue weighted by atomic mass is 9.98. The summed E-state index contributed by atoms with van der Waals surface area (Å²) in [7, 11) is 3.23. The summed E-state index contributed by atoms with van der Waals surface area (Å²) >= 11 is 6.45. The first-order valence-corrected chi connectivity index (χ1v) is 12.3. The van der Waals surface area contributed by atoms with Gasteiger partial charge in [-0.1, -0.05) is 11.6 Å². The number of fused-ring (bicyclic) bond motifs is 1. The van der Waals surface area contributed by atoms with Crippen molar-refractivity contribution in [1.29, 1.82) is 0 Å². The third kappa shape index (κ3) is 5.59. The number of aromatic nitrogens is 4. The highest BCUT2D eigenvalue weighted by Gasteiger charge is 2.31. The Morgan fingerprint density at radius 1 is 1.22 bits per heavy atom. The number of benzene rings is 1. The lowest BCUT2D eigenvalue weighted by Crippen LogP contribution is -2.42. The smallest absolute Gasteiger partial charge is 0.410 e. The fraction of sp³-hybridized carbons (Fsp3) is 0.520. The summed E-state index contributed by atoms with van der Waals surface area (Å²) in [5.74, 6) is 2.51. The van der Waals surface area contributed by atoms with E-state index in [0.29, 0.717) is 53.7 Å². The van der Waals surface area contributed by atoms with E-state index in [1.807, 2.05) is 45.9 Å². The number of amides is 1. The lowest BCUT2D eigenvalue weighted by molar-refractivity contribution is 0.0196. The molecule has 0 aliphatic carbocycles. The standard InChI is InChI=1S/C25H33ClN6O4/c1-15-20(26)28-23(27-13-16-9-10-18(34-5)12-19(16)35-6)32-22(15)29-21(30-32)17-8-7-11-31(14-17)24(33)36-25(2,3)4/h9-10,12,17H,7-8,11,13-14H2,1-6H3,(H,27,28). The van der Waals surface area contributed by atoms with Crippen LogP contribution < -0.4 is 14.8 Å². The lowest BCUT2D eigenvalue weighted by Gasteiger charge is -2.33. The zero-order chi connectivity index (χ0) is 26.0. The first kappa shape index (κ1) is 25.8. The molecule has 1 atom stereocenters. The predicted molar refractivity (Wildman–Crippen MR) is 137 cm³/mol. The highest BCUT2D eigenvalue weighted by molar-refractivity contribution is 6.30. The number of hydrogen-bond donors (Lipinski definition) is 1. The zero-order valence-electron chi connectivity index (χ0n) is 21.6. The topological polar surface area (TPSA) is 103 Å². The van der Waals surface area contributed by atoms with Gasteiger partial charge < -0.3 is 24.4 Å². The first-order chi connectivity index (χ1) is 17.1. The van der Waals surface area contributed by atoms with Crippen molar-refractivity contribution >= 4 is 29.3 Å². The van der Waals surface area contributed by atoms with E-state index in [9.17, 15) is 4.79 Å². The van der Waals surface area contributed by atoms with E-state index in [1.165, 1.54) is 0 Å². The number of piperidine rings is 1. The van der Waals surface area contributed by atoms with Crippen LogP contribution >= 0.6 is 11.6 Å². The number of halogens is 1. The number of carbonyl (C=O) groups is 1. The van der Waals surface area contributed by atoms with Gasteiger partial charge in [0.05, 0.1) is 14.2 Å².